The van der Waals surface area contributed by atoms with Gasteiger partial charge < -0.3 is 10.6 Å². The summed E-state index contributed by atoms with van der Waals surface area (Å²) in [5.74, 6) is 1.61. The maximum atomic E-state index is 4.22. The van der Waals surface area contributed by atoms with Crippen molar-refractivity contribution < 1.29 is 0 Å². The van der Waals surface area contributed by atoms with E-state index in [0.717, 1.165) is 30.2 Å². The van der Waals surface area contributed by atoms with Gasteiger partial charge in [-0.25, -0.2) is 9.97 Å². The van der Waals surface area contributed by atoms with E-state index in [1.807, 2.05) is 19.2 Å². The van der Waals surface area contributed by atoms with Crippen LogP contribution in [0.4, 0.5) is 17.3 Å². The van der Waals surface area contributed by atoms with Crippen molar-refractivity contribution in [2.75, 3.05) is 17.7 Å². The molecule has 0 aliphatic heterocycles. The Kier molecular flexibility index (Phi) is 4.12. The number of hydrogen-bond donors (Lipinski definition) is 2. The third-order valence-corrected chi connectivity index (χ3v) is 2.72. The number of rotatable bonds is 5. The van der Waals surface area contributed by atoms with Gasteiger partial charge in [0.2, 0.25) is 0 Å². The molecule has 4 nitrogen and oxygen atoms in total. The molecule has 2 rings (SSSR count). The van der Waals surface area contributed by atoms with Crippen molar-refractivity contribution in [3.05, 3.63) is 42.2 Å². The van der Waals surface area contributed by atoms with Crippen molar-refractivity contribution in [3.63, 3.8) is 0 Å². The predicted molar refractivity (Wildman–Crippen MR) is 75.3 cm³/mol. The number of hydrogen-bond acceptors (Lipinski definition) is 4. The monoisotopic (exact) mass is 242 g/mol. The molecule has 2 aromatic rings. The first-order valence-corrected chi connectivity index (χ1v) is 6.18. The van der Waals surface area contributed by atoms with Crippen LogP contribution in [-0.2, 0) is 6.42 Å². The molecular weight excluding hydrogens is 224 g/mol. The maximum absolute atomic E-state index is 4.22. The second kappa shape index (κ2) is 6.00. The fourth-order valence-corrected chi connectivity index (χ4v) is 1.83. The van der Waals surface area contributed by atoms with Crippen LogP contribution < -0.4 is 10.6 Å². The van der Waals surface area contributed by atoms with Gasteiger partial charge in [-0.15, -0.1) is 0 Å². The highest BCUT2D eigenvalue weighted by Crippen LogP contribution is 2.21. The molecule has 1 heterocycles. The number of benzene rings is 1. The highest BCUT2D eigenvalue weighted by molar-refractivity contribution is 5.62. The van der Waals surface area contributed by atoms with Gasteiger partial charge in [0.15, 0.2) is 0 Å². The zero-order chi connectivity index (χ0) is 12.8. The molecule has 0 aliphatic rings. The van der Waals surface area contributed by atoms with Crippen LogP contribution in [0.15, 0.2) is 36.7 Å². The fraction of sp³-hybridized carbons (Fsp3) is 0.286. The van der Waals surface area contributed by atoms with Gasteiger partial charge in [0, 0.05) is 18.8 Å². The van der Waals surface area contributed by atoms with Crippen LogP contribution in [-0.4, -0.2) is 17.0 Å². The smallest absolute Gasteiger partial charge is 0.135 e. The third-order valence-electron chi connectivity index (χ3n) is 2.72. The van der Waals surface area contributed by atoms with Crippen LogP contribution in [0.25, 0.3) is 0 Å². The minimum atomic E-state index is 0.804. The van der Waals surface area contributed by atoms with Crippen LogP contribution in [0.1, 0.15) is 18.9 Å². The Bertz CT molecular complexity index is 511. The van der Waals surface area contributed by atoms with Gasteiger partial charge in [-0.3, -0.25) is 0 Å². The second-order valence-corrected chi connectivity index (χ2v) is 4.07. The van der Waals surface area contributed by atoms with Gasteiger partial charge in [-0.05, 0) is 18.1 Å². The molecule has 0 atom stereocenters. The Hall–Kier alpha value is -2.10. The molecule has 0 unspecified atom stereocenters. The van der Waals surface area contributed by atoms with Gasteiger partial charge in [0.1, 0.15) is 18.0 Å². The van der Waals surface area contributed by atoms with Crippen molar-refractivity contribution in [3.8, 4) is 0 Å². The van der Waals surface area contributed by atoms with E-state index in [1.165, 1.54) is 5.56 Å². The molecule has 2 N–H and O–H groups in total. The molecule has 0 bridgehead atoms. The number of anilines is 3. The lowest BCUT2D eigenvalue weighted by molar-refractivity contribution is 0.923. The van der Waals surface area contributed by atoms with Crippen LogP contribution in [0, 0.1) is 0 Å². The summed E-state index contributed by atoms with van der Waals surface area (Å²) in [6, 6.07) is 10.2. The van der Waals surface area contributed by atoms with Crippen molar-refractivity contribution in [2.24, 2.45) is 0 Å². The minimum absolute atomic E-state index is 0.804. The molecule has 1 aromatic heterocycles. The van der Waals surface area contributed by atoms with Crippen molar-refractivity contribution >= 4 is 17.3 Å². The molecule has 94 valence electrons. The van der Waals surface area contributed by atoms with Gasteiger partial charge in [0.05, 0.1) is 0 Å². The molecule has 0 saturated carbocycles. The molecule has 0 fully saturated rings. The Morgan fingerprint density at radius 2 is 1.89 bits per heavy atom. The first-order chi connectivity index (χ1) is 8.83. The largest absolute Gasteiger partial charge is 0.373 e. The zero-order valence-electron chi connectivity index (χ0n) is 10.8. The average Bonchev–Trinajstić information content (AvgIpc) is 2.41. The van der Waals surface area contributed by atoms with E-state index in [4.69, 9.17) is 0 Å². The third kappa shape index (κ3) is 2.97. The van der Waals surface area contributed by atoms with E-state index in [0.29, 0.717) is 0 Å². The Morgan fingerprint density at radius 3 is 2.67 bits per heavy atom. The molecule has 0 aliphatic carbocycles. The summed E-state index contributed by atoms with van der Waals surface area (Å²) in [4.78, 5) is 8.32. The van der Waals surface area contributed by atoms with Crippen molar-refractivity contribution in [1.82, 2.24) is 9.97 Å². The summed E-state index contributed by atoms with van der Waals surface area (Å²) in [6.07, 6.45) is 3.74. The van der Waals surface area contributed by atoms with E-state index >= 15 is 0 Å². The number of nitrogens with zero attached hydrogens (tertiary/aromatic N) is 2. The van der Waals surface area contributed by atoms with E-state index in [1.54, 1.807) is 6.33 Å². The van der Waals surface area contributed by atoms with Crippen molar-refractivity contribution in [2.45, 2.75) is 19.8 Å². The highest BCUT2D eigenvalue weighted by Gasteiger charge is 2.02. The highest BCUT2D eigenvalue weighted by atomic mass is 15.1. The molecule has 0 saturated heterocycles. The molecular formula is C14H18N4. The summed E-state index contributed by atoms with van der Waals surface area (Å²) < 4.78 is 0. The van der Waals surface area contributed by atoms with Crippen LogP contribution in [0.5, 0.6) is 0 Å². The number of para-hydroxylation sites is 1. The zero-order valence-corrected chi connectivity index (χ0v) is 10.8. The molecule has 0 spiro atoms. The Balaban J connectivity index is 2.22. The summed E-state index contributed by atoms with van der Waals surface area (Å²) in [6.45, 7) is 2.18. The van der Waals surface area contributed by atoms with Gasteiger partial charge in [-0.1, -0.05) is 31.5 Å². The van der Waals surface area contributed by atoms with Crippen molar-refractivity contribution in [1.29, 1.82) is 0 Å². The Labute approximate surface area is 107 Å². The number of aryl methyl sites for hydroxylation is 1. The fourth-order valence-electron chi connectivity index (χ4n) is 1.83. The lowest BCUT2D eigenvalue weighted by atomic mass is 10.1. The standard InChI is InChI=1S/C14H18N4/c1-3-6-11-7-4-5-8-12(11)18-14-9-13(15-2)16-10-17-14/h4-5,7-10H,3,6H2,1-2H3,(H2,15,16,17,18). The van der Waals surface area contributed by atoms with Crippen LogP contribution in [0.3, 0.4) is 0 Å². The minimum Gasteiger partial charge on any atom is -0.373 e. The van der Waals surface area contributed by atoms with Gasteiger partial charge in [0.25, 0.3) is 0 Å². The average molecular weight is 242 g/mol. The summed E-state index contributed by atoms with van der Waals surface area (Å²) in [5, 5.41) is 6.34. The van der Waals surface area contributed by atoms with Crippen LogP contribution in [0.2, 0.25) is 0 Å². The molecule has 18 heavy (non-hydrogen) atoms. The topological polar surface area (TPSA) is 49.8 Å². The predicted octanol–water partition coefficient (Wildman–Crippen LogP) is 3.21. The molecule has 0 radical (unpaired) electrons. The van der Waals surface area contributed by atoms with E-state index in [9.17, 15) is 0 Å². The maximum Gasteiger partial charge on any atom is 0.135 e. The summed E-state index contributed by atoms with van der Waals surface area (Å²) >= 11 is 0. The van der Waals surface area contributed by atoms with E-state index < -0.39 is 0 Å². The van der Waals surface area contributed by atoms with E-state index in [-0.39, 0.29) is 0 Å². The van der Waals surface area contributed by atoms with E-state index in [2.05, 4.69) is 45.7 Å². The second-order valence-electron chi connectivity index (χ2n) is 4.07. The Morgan fingerprint density at radius 1 is 1.11 bits per heavy atom. The first kappa shape index (κ1) is 12.4. The summed E-state index contributed by atoms with van der Waals surface area (Å²) in [7, 11) is 1.84. The van der Waals surface area contributed by atoms with Crippen LogP contribution >= 0.6 is 0 Å². The number of nitrogens with one attached hydrogen (secondary N) is 2. The van der Waals surface area contributed by atoms with Gasteiger partial charge >= 0.3 is 0 Å². The molecule has 1 aromatic carbocycles. The normalized spacial score (nSPS) is 10.1. The first-order valence-electron chi connectivity index (χ1n) is 6.18. The number of aromatic nitrogens is 2. The molecule has 4 heteroatoms. The SMILES string of the molecule is CCCc1ccccc1Nc1cc(NC)ncn1. The quantitative estimate of drug-likeness (QED) is 0.845. The lowest BCUT2D eigenvalue weighted by Crippen LogP contribution is -2.00. The van der Waals surface area contributed by atoms with Gasteiger partial charge in [-0.2, -0.15) is 0 Å². The summed E-state index contributed by atoms with van der Waals surface area (Å²) in [5.41, 5.74) is 2.42. The molecule has 0 amide bonds. The lowest BCUT2D eigenvalue weighted by Gasteiger charge is -2.11.